The third-order valence-corrected chi connectivity index (χ3v) is 5.13. The van der Waals surface area contributed by atoms with Gasteiger partial charge in [-0.05, 0) is 30.2 Å². The van der Waals surface area contributed by atoms with Gasteiger partial charge in [-0.1, -0.05) is 19.8 Å². The Kier molecular flexibility index (Phi) is 3.78. The largest absolute Gasteiger partial charge is 0.357 e. The molecule has 0 aliphatic heterocycles. The van der Waals surface area contributed by atoms with Crippen molar-refractivity contribution in [2.24, 2.45) is 5.92 Å². The fourth-order valence-electron chi connectivity index (χ4n) is 3.15. The molecule has 3 rings (SSSR count). The average molecular weight is 290 g/mol. The van der Waals surface area contributed by atoms with Crippen molar-refractivity contribution in [3.63, 3.8) is 0 Å². The molecule has 1 fully saturated rings. The van der Waals surface area contributed by atoms with Gasteiger partial charge in [-0.2, -0.15) is 4.98 Å². The van der Waals surface area contributed by atoms with Gasteiger partial charge in [0.15, 0.2) is 0 Å². The first-order valence-corrected chi connectivity index (χ1v) is 8.23. The summed E-state index contributed by atoms with van der Waals surface area (Å²) in [5.41, 5.74) is 0. The standard InChI is InChI=1S/C15H22N4S/c1-10-5-4-6-11(9-10)19(3)13-12-7-8-20-14(12)18-15(16-2)17-13/h7-8,10-11H,4-6,9H2,1-3H3,(H,16,17,18). The molecule has 2 aromatic rings. The first-order valence-electron chi connectivity index (χ1n) is 7.35. The first kappa shape index (κ1) is 13.6. The van der Waals surface area contributed by atoms with E-state index in [1.165, 1.54) is 31.1 Å². The van der Waals surface area contributed by atoms with Crippen LogP contribution in [0.3, 0.4) is 0 Å². The molecule has 1 N–H and O–H groups in total. The van der Waals surface area contributed by atoms with Crippen molar-refractivity contribution >= 4 is 33.3 Å². The second-order valence-corrected chi connectivity index (χ2v) is 6.69. The summed E-state index contributed by atoms with van der Waals surface area (Å²) in [6.07, 6.45) is 5.23. The summed E-state index contributed by atoms with van der Waals surface area (Å²) < 4.78 is 0. The maximum atomic E-state index is 4.70. The van der Waals surface area contributed by atoms with Crippen LogP contribution in [-0.4, -0.2) is 30.1 Å². The van der Waals surface area contributed by atoms with Crippen molar-refractivity contribution in [1.82, 2.24) is 9.97 Å². The molecular weight excluding hydrogens is 268 g/mol. The summed E-state index contributed by atoms with van der Waals surface area (Å²) in [5, 5.41) is 6.35. The lowest BCUT2D eigenvalue weighted by Gasteiger charge is -2.35. The quantitative estimate of drug-likeness (QED) is 0.934. The van der Waals surface area contributed by atoms with Crippen molar-refractivity contribution in [1.29, 1.82) is 0 Å². The molecule has 1 aliphatic rings. The van der Waals surface area contributed by atoms with Gasteiger partial charge in [0, 0.05) is 20.1 Å². The molecule has 108 valence electrons. The molecule has 20 heavy (non-hydrogen) atoms. The fourth-order valence-corrected chi connectivity index (χ4v) is 3.91. The number of hydrogen-bond acceptors (Lipinski definition) is 5. The fraction of sp³-hybridized carbons (Fsp3) is 0.600. The molecule has 0 spiro atoms. The van der Waals surface area contributed by atoms with E-state index in [1.807, 2.05) is 7.05 Å². The van der Waals surface area contributed by atoms with E-state index in [0.29, 0.717) is 12.0 Å². The lowest BCUT2D eigenvalue weighted by molar-refractivity contribution is 0.336. The molecule has 2 aromatic heterocycles. The molecule has 1 aliphatic carbocycles. The molecule has 2 atom stereocenters. The zero-order valence-electron chi connectivity index (χ0n) is 12.4. The van der Waals surface area contributed by atoms with Gasteiger partial charge < -0.3 is 10.2 Å². The predicted molar refractivity (Wildman–Crippen MR) is 86.8 cm³/mol. The van der Waals surface area contributed by atoms with Gasteiger partial charge in [-0.25, -0.2) is 4.98 Å². The van der Waals surface area contributed by atoms with Crippen molar-refractivity contribution in [2.45, 2.75) is 38.6 Å². The molecule has 1 saturated carbocycles. The molecule has 0 bridgehead atoms. The number of rotatable bonds is 3. The van der Waals surface area contributed by atoms with Gasteiger partial charge in [0.25, 0.3) is 0 Å². The average Bonchev–Trinajstić information content (AvgIpc) is 2.93. The summed E-state index contributed by atoms with van der Waals surface area (Å²) in [7, 11) is 4.06. The van der Waals surface area contributed by atoms with Crippen molar-refractivity contribution in [3.05, 3.63) is 11.4 Å². The van der Waals surface area contributed by atoms with Gasteiger partial charge in [-0.15, -0.1) is 11.3 Å². The monoisotopic (exact) mass is 290 g/mol. The van der Waals surface area contributed by atoms with Gasteiger partial charge >= 0.3 is 0 Å². The van der Waals surface area contributed by atoms with Gasteiger partial charge in [0.1, 0.15) is 10.6 Å². The zero-order chi connectivity index (χ0) is 14.1. The highest BCUT2D eigenvalue weighted by Crippen LogP contribution is 2.33. The Morgan fingerprint density at radius 2 is 2.20 bits per heavy atom. The van der Waals surface area contributed by atoms with Crippen LogP contribution in [-0.2, 0) is 0 Å². The smallest absolute Gasteiger partial charge is 0.225 e. The van der Waals surface area contributed by atoms with E-state index in [1.54, 1.807) is 11.3 Å². The predicted octanol–water partition coefficient (Wildman–Crippen LogP) is 3.75. The van der Waals surface area contributed by atoms with Crippen molar-refractivity contribution < 1.29 is 0 Å². The third kappa shape index (κ3) is 2.46. The Balaban J connectivity index is 1.97. The zero-order valence-corrected chi connectivity index (χ0v) is 13.2. The number of fused-ring (bicyclic) bond motifs is 1. The molecule has 4 nitrogen and oxygen atoms in total. The van der Waals surface area contributed by atoms with E-state index in [0.717, 1.165) is 16.6 Å². The van der Waals surface area contributed by atoms with Crippen molar-refractivity contribution in [3.8, 4) is 0 Å². The molecule has 0 aromatic carbocycles. The summed E-state index contributed by atoms with van der Waals surface area (Å²) >= 11 is 1.68. The number of aromatic nitrogens is 2. The Hall–Kier alpha value is -1.36. The van der Waals surface area contributed by atoms with Gasteiger partial charge in [0.05, 0.1) is 5.39 Å². The normalized spacial score (nSPS) is 22.9. The van der Waals surface area contributed by atoms with Crippen LogP contribution >= 0.6 is 11.3 Å². The van der Waals surface area contributed by atoms with Gasteiger partial charge in [-0.3, -0.25) is 0 Å². The lowest BCUT2D eigenvalue weighted by atomic mass is 9.86. The minimum Gasteiger partial charge on any atom is -0.357 e. The van der Waals surface area contributed by atoms with E-state index in [9.17, 15) is 0 Å². The maximum absolute atomic E-state index is 4.70. The van der Waals surface area contributed by atoms with E-state index in [2.05, 4.69) is 40.6 Å². The third-order valence-electron chi connectivity index (χ3n) is 4.32. The molecule has 2 heterocycles. The number of hydrogen-bond donors (Lipinski definition) is 1. The van der Waals surface area contributed by atoms with Crippen LogP contribution < -0.4 is 10.2 Å². The summed E-state index contributed by atoms with van der Waals surface area (Å²) in [5.74, 6) is 2.60. The second kappa shape index (κ2) is 5.56. The van der Waals surface area contributed by atoms with Gasteiger partial charge in [0.2, 0.25) is 5.95 Å². The highest BCUT2D eigenvalue weighted by atomic mass is 32.1. The van der Waals surface area contributed by atoms with Crippen LogP contribution in [0, 0.1) is 5.92 Å². The first-order chi connectivity index (χ1) is 9.69. The van der Waals surface area contributed by atoms with Crippen LogP contribution in [0.4, 0.5) is 11.8 Å². The SMILES string of the molecule is CNc1nc(N(C)C2CCCC(C)C2)c2ccsc2n1. The minimum absolute atomic E-state index is 0.599. The minimum atomic E-state index is 0.599. The van der Waals surface area contributed by atoms with Crippen molar-refractivity contribution in [2.75, 3.05) is 24.3 Å². The summed E-state index contributed by atoms with van der Waals surface area (Å²) in [6, 6.07) is 2.74. The number of anilines is 2. The van der Waals surface area contributed by atoms with Crippen LogP contribution in [0.5, 0.6) is 0 Å². The molecule has 0 saturated heterocycles. The Morgan fingerprint density at radius 1 is 1.35 bits per heavy atom. The summed E-state index contributed by atoms with van der Waals surface area (Å²) in [4.78, 5) is 12.7. The number of nitrogens with zero attached hydrogens (tertiary/aromatic N) is 3. The van der Waals surface area contributed by atoms with E-state index >= 15 is 0 Å². The molecular formula is C15H22N4S. The Morgan fingerprint density at radius 3 is 2.95 bits per heavy atom. The topological polar surface area (TPSA) is 41.1 Å². The van der Waals surface area contributed by atoms with Crippen LogP contribution in [0.25, 0.3) is 10.2 Å². The van der Waals surface area contributed by atoms with E-state index in [4.69, 9.17) is 4.98 Å². The molecule has 0 radical (unpaired) electrons. The molecule has 0 amide bonds. The van der Waals surface area contributed by atoms with Crippen LogP contribution in [0.2, 0.25) is 0 Å². The van der Waals surface area contributed by atoms with Crippen LogP contribution in [0.1, 0.15) is 32.6 Å². The number of thiophene rings is 1. The highest BCUT2D eigenvalue weighted by molar-refractivity contribution is 7.16. The second-order valence-electron chi connectivity index (χ2n) is 5.80. The highest BCUT2D eigenvalue weighted by Gasteiger charge is 2.25. The number of nitrogens with one attached hydrogen (secondary N) is 1. The Labute approximate surface area is 124 Å². The Bertz CT molecular complexity index is 595. The lowest BCUT2D eigenvalue weighted by Crippen LogP contribution is -2.36. The van der Waals surface area contributed by atoms with Crippen LogP contribution in [0.15, 0.2) is 11.4 Å². The van der Waals surface area contributed by atoms with E-state index < -0.39 is 0 Å². The maximum Gasteiger partial charge on any atom is 0.225 e. The molecule has 2 unspecified atom stereocenters. The van der Waals surface area contributed by atoms with E-state index in [-0.39, 0.29) is 0 Å². The summed E-state index contributed by atoms with van der Waals surface area (Å²) in [6.45, 7) is 2.36. The molecule has 5 heteroatoms.